The Kier molecular flexibility index (Phi) is 6.72. The lowest BCUT2D eigenvalue weighted by Gasteiger charge is -2.22. The second-order valence-corrected chi connectivity index (χ2v) is 6.12. The highest BCUT2D eigenvalue weighted by atomic mass is 16.5. The Morgan fingerprint density at radius 3 is 2.65 bits per heavy atom. The highest BCUT2D eigenvalue weighted by Gasteiger charge is 2.16. The molecule has 0 amide bonds. The van der Waals surface area contributed by atoms with Gasteiger partial charge in [0, 0.05) is 19.8 Å². The molecule has 0 aliphatic heterocycles. The summed E-state index contributed by atoms with van der Waals surface area (Å²) in [7, 11) is 1.73. The fourth-order valence-corrected chi connectivity index (χ4v) is 1.73. The number of furan rings is 1. The van der Waals surface area contributed by atoms with E-state index in [1.54, 1.807) is 7.11 Å². The quantitative estimate of drug-likeness (QED) is 0.705. The summed E-state index contributed by atoms with van der Waals surface area (Å²) in [4.78, 5) is 0. The molecule has 1 N–H and O–H groups in total. The first-order chi connectivity index (χ1) is 9.34. The zero-order valence-corrected chi connectivity index (χ0v) is 13.7. The smallest absolute Gasteiger partial charge is 0.130 e. The summed E-state index contributed by atoms with van der Waals surface area (Å²) in [6.45, 7) is 12.4. The number of hydrogen-bond acceptors (Lipinski definition) is 4. The Bertz CT molecular complexity index is 396. The molecule has 0 aliphatic carbocycles. The van der Waals surface area contributed by atoms with Crippen LogP contribution in [-0.4, -0.2) is 25.4 Å². The summed E-state index contributed by atoms with van der Waals surface area (Å²) in [5, 5.41) is 3.36. The van der Waals surface area contributed by atoms with Crippen LogP contribution >= 0.6 is 0 Å². The minimum atomic E-state index is -0.134. The molecule has 4 nitrogen and oxygen atoms in total. The molecule has 0 spiro atoms. The molecule has 116 valence electrons. The van der Waals surface area contributed by atoms with Crippen molar-refractivity contribution in [2.75, 3.05) is 13.7 Å². The van der Waals surface area contributed by atoms with Gasteiger partial charge in [0.05, 0.1) is 12.1 Å². The van der Waals surface area contributed by atoms with Crippen LogP contribution in [0.3, 0.4) is 0 Å². The van der Waals surface area contributed by atoms with Gasteiger partial charge in [-0.2, -0.15) is 0 Å². The van der Waals surface area contributed by atoms with E-state index >= 15 is 0 Å². The van der Waals surface area contributed by atoms with Crippen LogP contribution in [0.5, 0.6) is 0 Å². The fourth-order valence-electron chi connectivity index (χ4n) is 1.73. The van der Waals surface area contributed by atoms with E-state index in [0.29, 0.717) is 19.3 Å². The molecule has 0 unspecified atom stereocenters. The Hall–Kier alpha value is -0.840. The topological polar surface area (TPSA) is 43.6 Å². The Labute approximate surface area is 122 Å². The van der Waals surface area contributed by atoms with Crippen LogP contribution in [0.2, 0.25) is 0 Å². The molecule has 1 rings (SSSR count). The van der Waals surface area contributed by atoms with Gasteiger partial charge in [-0.3, -0.25) is 0 Å². The molecule has 0 bridgehead atoms. The zero-order chi connectivity index (χ0) is 15.2. The maximum atomic E-state index is 5.80. The van der Waals surface area contributed by atoms with Crippen LogP contribution in [0.25, 0.3) is 0 Å². The molecular weight excluding hydrogens is 254 g/mol. The Morgan fingerprint density at radius 2 is 2.05 bits per heavy atom. The monoisotopic (exact) mass is 283 g/mol. The molecule has 20 heavy (non-hydrogen) atoms. The third-order valence-electron chi connectivity index (χ3n) is 3.39. The highest BCUT2D eigenvalue weighted by molar-refractivity contribution is 5.19. The molecule has 0 aromatic carbocycles. The van der Waals surface area contributed by atoms with Crippen molar-refractivity contribution in [2.45, 2.75) is 65.8 Å². The van der Waals surface area contributed by atoms with Gasteiger partial charge in [-0.25, -0.2) is 0 Å². The van der Waals surface area contributed by atoms with Gasteiger partial charge in [-0.05, 0) is 38.8 Å². The Balaban J connectivity index is 2.36. The van der Waals surface area contributed by atoms with E-state index in [4.69, 9.17) is 13.9 Å². The van der Waals surface area contributed by atoms with E-state index in [1.807, 2.05) is 0 Å². The normalized spacial score (nSPS) is 12.3. The van der Waals surface area contributed by atoms with Crippen molar-refractivity contribution < 1.29 is 13.9 Å². The average molecular weight is 283 g/mol. The van der Waals surface area contributed by atoms with Crippen molar-refractivity contribution in [3.63, 3.8) is 0 Å². The second kappa shape index (κ2) is 7.81. The SMILES string of the molecule is COC(C)(C)CCOCc1cc(C)c(CNC(C)C)o1. The summed E-state index contributed by atoms with van der Waals surface area (Å²) in [5.41, 5.74) is 1.04. The molecule has 0 fully saturated rings. The van der Waals surface area contributed by atoms with Crippen molar-refractivity contribution >= 4 is 0 Å². The Morgan fingerprint density at radius 1 is 1.35 bits per heavy atom. The summed E-state index contributed by atoms with van der Waals surface area (Å²) < 4.78 is 16.8. The van der Waals surface area contributed by atoms with Crippen molar-refractivity contribution in [2.24, 2.45) is 0 Å². The van der Waals surface area contributed by atoms with Gasteiger partial charge >= 0.3 is 0 Å². The molecule has 1 heterocycles. The number of aryl methyl sites for hydroxylation is 1. The number of methoxy groups -OCH3 is 1. The van der Waals surface area contributed by atoms with E-state index in [-0.39, 0.29) is 5.60 Å². The predicted molar refractivity (Wildman–Crippen MR) is 80.8 cm³/mol. The number of rotatable bonds is 9. The van der Waals surface area contributed by atoms with Gasteiger partial charge < -0.3 is 19.2 Å². The molecule has 0 aliphatic rings. The average Bonchev–Trinajstić information content (AvgIpc) is 2.73. The molecule has 0 saturated heterocycles. The fraction of sp³-hybridized carbons (Fsp3) is 0.750. The van der Waals surface area contributed by atoms with E-state index in [0.717, 1.165) is 24.5 Å². The van der Waals surface area contributed by atoms with Crippen molar-refractivity contribution in [3.05, 3.63) is 23.2 Å². The van der Waals surface area contributed by atoms with Crippen molar-refractivity contribution in [1.82, 2.24) is 5.32 Å². The van der Waals surface area contributed by atoms with E-state index in [2.05, 4.69) is 46.0 Å². The number of nitrogens with one attached hydrogen (secondary N) is 1. The van der Waals surface area contributed by atoms with Crippen molar-refractivity contribution in [1.29, 1.82) is 0 Å². The van der Waals surface area contributed by atoms with Crippen LogP contribution in [0.1, 0.15) is 51.2 Å². The summed E-state index contributed by atoms with van der Waals surface area (Å²) in [5.74, 6) is 1.88. The first-order valence-corrected chi connectivity index (χ1v) is 7.28. The number of ether oxygens (including phenoxy) is 2. The molecule has 0 atom stereocenters. The van der Waals surface area contributed by atoms with E-state index in [1.165, 1.54) is 5.56 Å². The van der Waals surface area contributed by atoms with E-state index < -0.39 is 0 Å². The maximum absolute atomic E-state index is 5.80. The maximum Gasteiger partial charge on any atom is 0.130 e. The first-order valence-electron chi connectivity index (χ1n) is 7.28. The van der Waals surface area contributed by atoms with Crippen LogP contribution in [0.4, 0.5) is 0 Å². The molecule has 0 saturated carbocycles. The third-order valence-corrected chi connectivity index (χ3v) is 3.39. The van der Waals surface area contributed by atoms with Gasteiger partial charge in [0.1, 0.15) is 18.1 Å². The predicted octanol–water partition coefficient (Wildman–Crippen LogP) is 3.42. The summed E-state index contributed by atoms with van der Waals surface area (Å²) in [6.07, 6.45) is 0.866. The minimum Gasteiger partial charge on any atom is -0.462 e. The highest BCUT2D eigenvalue weighted by Crippen LogP contribution is 2.17. The van der Waals surface area contributed by atoms with E-state index in [9.17, 15) is 0 Å². The largest absolute Gasteiger partial charge is 0.462 e. The van der Waals surface area contributed by atoms with Crippen LogP contribution < -0.4 is 5.32 Å². The molecule has 1 aromatic heterocycles. The third kappa shape index (κ3) is 6.07. The van der Waals surface area contributed by atoms with Crippen LogP contribution in [0.15, 0.2) is 10.5 Å². The molecular formula is C16H29NO3. The summed E-state index contributed by atoms with van der Waals surface area (Å²) in [6, 6.07) is 2.51. The molecule has 4 heteroatoms. The van der Waals surface area contributed by atoms with Crippen LogP contribution in [0, 0.1) is 6.92 Å². The zero-order valence-electron chi connectivity index (χ0n) is 13.7. The minimum absolute atomic E-state index is 0.134. The second-order valence-electron chi connectivity index (χ2n) is 6.12. The van der Waals surface area contributed by atoms with Crippen molar-refractivity contribution in [3.8, 4) is 0 Å². The standard InChI is InChI=1S/C16H29NO3/c1-12(2)17-10-15-13(3)9-14(20-15)11-19-8-7-16(4,5)18-6/h9,12,17H,7-8,10-11H2,1-6H3. The first kappa shape index (κ1) is 17.2. The lowest BCUT2D eigenvalue weighted by atomic mass is 10.1. The summed E-state index contributed by atoms with van der Waals surface area (Å²) >= 11 is 0. The van der Waals surface area contributed by atoms with Gasteiger partial charge in [-0.1, -0.05) is 13.8 Å². The van der Waals surface area contributed by atoms with Gasteiger partial charge in [0.2, 0.25) is 0 Å². The number of hydrogen-bond donors (Lipinski definition) is 1. The van der Waals surface area contributed by atoms with Crippen LogP contribution in [-0.2, 0) is 22.6 Å². The molecule has 0 radical (unpaired) electrons. The lowest BCUT2D eigenvalue weighted by molar-refractivity contribution is -0.0144. The molecule has 1 aromatic rings. The van der Waals surface area contributed by atoms with Gasteiger partial charge in [0.25, 0.3) is 0 Å². The van der Waals surface area contributed by atoms with Gasteiger partial charge in [0.15, 0.2) is 0 Å². The van der Waals surface area contributed by atoms with Gasteiger partial charge in [-0.15, -0.1) is 0 Å². The lowest BCUT2D eigenvalue weighted by Crippen LogP contribution is -2.24.